The van der Waals surface area contributed by atoms with E-state index in [0.29, 0.717) is 0 Å². The van der Waals surface area contributed by atoms with Crippen LogP contribution in [0.2, 0.25) is 0 Å². The Hall–Kier alpha value is -0.730. The first-order valence-corrected chi connectivity index (χ1v) is 4.38. The van der Waals surface area contributed by atoms with Crippen molar-refractivity contribution >= 4 is 39.5 Å². The van der Waals surface area contributed by atoms with E-state index in [4.69, 9.17) is 5.73 Å². The van der Waals surface area contributed by atoms with Gasteiger partial charge in [-0.15, -0.1) is 23.7 Å². The molecule has 12 heavy (non-hydrogen) atoms. The van der Waals surface area contributed by atoms with Crippen LogP contribution in [0, 0.1) is 6.92 Å². The molecule has 2 aromatic rings. The van der Waals surface area contributed by atoms with E-state index in [2.05, 4.69) is 25.1 Å². The third-order valence-electron chi connectivity index (χ3n) is 1.76. The molecule has 2 rings (SSSR count). The van der Waals surface area contributed by atoms with Gasteiger partial charge in [0.25, 0.3) is 0 Å². The summed E-state index contributed by atoms with van der Waals surface area (Å²) in [5.74, 6) is 0. The number of aryl methyl sites for hydroxylation is 1. The van der Waals surface area contributed by atoms with E-state index >= 15 is 0 Å². The molecule has 0 saturated heterocycles. The summed E-state index contributed by atoms with van der Waals surface area (Å²) < 4.78 is 1.27. The summed E-state index contributed by atoms with van der Waals surface area (Å²) in [5, 5.41) is 3.18. The fourth-order valence-electron chi connectivity index (χ4n) is 1.16. The normalized spacial score (nSPS) is 9.75. The van der Waals surface area contributed by atoms with Crippen molar-refractivity contribution in [1.82, 2.24) is 0 Å². The Morgan fingerprint density at radius 3 is 2.83 bits per heavy atom. The average molecular weight is 200 g/mol. The number of halogens is 1. The number of anilines is 1. The van der Waals surface area contributed by atoms with E-state index < -0.39 is 0 Å². The van der Waals surface area contributed by atoms with Crippen LogP contribution in [-0.4, -0.2) is 0 Å². The Bertz CT molecular complexity index is 394. The zero-order chi connectivity index (χ0) is 7.84. The number of rotatable bonds is 0. The van der Waals surface area contributed by atoms with Gasteiger partial charge in [-0.25, -0.2) is 0 Å². The van der Waals surface area contributed by atoms with Crippen molar-refractivity contribution < 1.29 is 0 Å². The van der Waals surface area contributed by atoms with E-state index in [-0.39, 0.29) is 12.4 Å². The summed E-state index contributed by atoms with van der Waals surface area (Å²) in [6.07, 6.45) is 0. The smallest absolute Gasteiger partial charge is 0.0502 e. The number of benzene rings is 1. The third-order valence-corrected chi connectivity index (χ3v) is 2.74. The molecule has 2 N–H and O–H groups in total. The summed E-state index contributed by atoms with van der Waals surface area (Å²) in [6, 6.07) is 6.35. The van der Waals surface area contributed by atoms with E-state index in [1.807, 2.05) is 5.38 Å². The van der Waals surface area contributed by atoms with Crippen molar-refractivity contribution in [1.29, 1.82) is 0 Å². The molecule has 0 amide bonds. The first kappa shape index (κ1) is 9.36. The maximum Gasteiger partial charge on any atom is 0.0502 e. The SMILES string of the molecule is Cc1ccc2scc(N)c2c1.Cl. The second-order valence-corrected chi connectivity index (χ2v) is 3.60. The molecule has 1 aromatic heterocycles. The van der Waals surface area contributed by atoms with Crippen LogP contribution in [0.4, 0.5) is 5.69 Å². The Morgan fingerprint density at radius 2 is 2.08 bits per heavy atom. The number of hydrogen-bond donors (Lipinski definition) is 1. The lowest BCUT2D eigenvalue weighted by Crippen LogP contribution is -1.80. The molecular formula is C9H10ClNS. The predicted octanol–water partition coefficient (Wildman–Crippen LogP) is 3.21. The Morgan fingerprint density at radius 1 is 1.33 bits per heavy atom. The molecule has 0 saturated carbocycles. The van der Waals surface area contributed by atoms with E-state index in [1.165, 1.54) is 15.6 Å². The minimum atomic E-state index is 0. The minimum Gasteiger partial charge on any atom is -0.398 e. The van der Waals surface area contributed by atoms with Crippen LogP contribution in [0.1, 0.15) is 5.56 Å². The molecule has 0 fully saturated rings. The number of hydrogen-bond acceptors (Lipinski definition) is 2. The fourth-order valence-corrected chi connectivity index (χ4v) is 1.99. The summed E-state index contributed by atoms with van der Waals surface area (Å²) in [7, 11) is 0. The van der Waals surface area contributed by atoms with Crippen LogP contribution in [-0.2, 0) is 0 Å². The first-order valence-electron chi connectivity index (χ1n) is 3.51. The van der Waals surface area contributed by atoms with Crippen molar-refractivity contribution in [2.45, 2.75) is 6.92 Å². The van der Waals surface area contributed by atoms with Gasteiger partial charge >= 0.3 is 0 Å². The highest BCUT2D eigenvalue weighted by Gasteiger charge is 1.98. The molecule has 1 heterocycles. The van der Waals surface area contributed by atoms with Crippen molar-refractivity contribution in [2.24, 2.45) is 0 Å². The van der Waals surface area contributed by atoms with Gasteiger partial charge in [-0.3, -0.25) is 0 Å². The molecule has 1 aromatic carbocycles. The number of nitrogen functional groups attached to an aromatic ring is 1. The minimum absolute atomic E-state index is 0. The summed E-state index contributed by atoms with van der Waals surface area (Å²) in [4.78, 5) is 0. The van der Waals surface area contributed by atoms with Gasteiger partial charge in [0.15, 0.2) is 0 Å². The van der Waals surface area contributed by atoms with Crippen molar-refractivity contribution in [2.75, 3.05) is 5.73 Å². The number of fused-ring (bicyclic) bond motifs is 1. The Balaban J connectivity index is 0.000000720. The zero-order valence-electron chi connectivity index (χ0n) is 6.70. The molecule has 0 unspecified atom stereocenters. The van der Waals surface area contributed by atoms with Gasteiger partial charge in [-0.1, -0.05) is 11.6 Å². The van der Waals surface area contributed by atoms with E-state index in [1.54, 1.807) is 11.3 Å². The van der Waals surface area contributed by atoms with Crippen LogP contribution in [0.15, 0.2) is 23.6 Å². The highest BCUT2D eigenvalue weighted by molar-refractivity contribution is 7.17. The van der Waals surface area contributed by atoms with Gasteiger partial charge in [0.2, 0.25) is 0 Å². The highest BCUT2D eigenvalue weighted by atomic mass is 35.5. The summed E-state index contributed by atoms with van der Waals surface area (Å²) in [5.41, 5.74) is 7.92. The molecular weight excluding hydrogens is 190 g/mol. The number of thiophene rings is 1. The van der Waals surface area contributed by atoms with Crippen LogP contribution in [0.5, 0.6) is 0 Å². The largest absolute Gasteiger partial charge is 0.398 e. The van der Waals surface area contributed by atoms with Crippen LogP contribution in [0.3, 0.4) is 0 Å². The molecule has 0 aliphatic rings. The zero-order valence-corrected chi connectivity index (χ0v) is 8.34. The lowest BCUT2D eigenvalue weighted by molar-refractivity contribution is 1.51. The lowest BCUT2D eigenvalue weighted by atomic mass is 10.2. The van der Waals surface area contributed by atoms with Crippen molar-refractivity contribution in [3.63, 3.8) is 0 Å². The Labute approximate surface area is 81.6 Å². The molecule has 0 spiro atoms. The van der Waals surface area contributed by atoms with Crippen molar-refractivity contribution in [3.05, 3.63) is 29.1 Å². The number of nitrogens with two attached hydrogens (primary N) is 1. The highest BCUT2D eigenvalue weighted by Crippen LogP contribution is 2.28. The maximum absolute atomic E-state index is 5.76. The maximum atomic E-state index is 5.76. The summed E-state index contributed by atoms with van der Waals surface area (Å²) in [6.45, 7) is 2.08. The van der Waals surface area contributed by atoms with Gasteiger partial charge in [-0.2, -0.15) is 0 Å². The molecule has 64 valence electrons. The standard InChI is InChI=1S/C9H9NS.ClH/c1-6-2-3-9-7(4-6)8(10)5-11-9;/h2-5H,10H2,1H3;1H. The molecule has 1 nitrogen and oxygen atoms in total. The summed E-state index contributed by atoms with van der Waals surface area (Å²) >= 11 is 1.70. The van der Waals surface area contributed by atoms with Crippen molar-refractivity contribution in [3.8, 4) is 0 Å². The molecule has 0 radical (unpaired) electrons. The van der Waals surface area contributed by atoms with Gasteiger partial charge in [-0.05, 0) is 19.1 Å². The average Bonchev–Trinajstić information content (AvgIpc) is 2.33. The molecule has 0 bridgehead atoms. The Kier molecular flexibility index (Phi) is 2.60. The van der Waals surface area contributed by atoms with Gasteiger partial charge in [0, 0.05) is 15.5 Å². The monoisotopic (exact) mass is 199 g/mol. The van der Waals surface area contributed by atoms with E-state index in [0.717, 1.165) is 5.69 Å². The topological polar surface area (TPSA) is 26.0 Å². The second-order valence-electron chi connectivity index (χ2n) is 2.69. The quantitative estimate of drug-likeness (QED) is 0.693. The van der Waals surface area contributed by atoms with Crippen LogP contribution >= 0.6 is 23.7 Å². The van der Waals surface area contributed by atoms with E-state index in [9.17, 15) is 0 Å². The molecule has 0 atom stereocenters. The van der Waals surface area contributed by atoms with Gasteiger partial charge < -0.3 is 5.73 Å². The van der Waals surface area contributed by atoms with Crippen LogP contribution in [0.25, 0.3) is 10.1 Å². The molecule has 0 aliphatic carbocycles. The van der Waals surface area contributed by atoms with Gasteiger partial charge in [0.05, 0.1) is 5.69 Å². The fraction of sp³-hybridized carbons (Fsp3) is 0.111. The first-order chi connectivity index (χ1) is 5.27. The third kappa shape index (κ3) is 1.40. The van der Waals surface area contributed by atoms with Crippen LogP contribution < -0.4 is 5.73 Å². The second kappa shape index (κ2) is 3.33. The lowest BCUT2D eigenvalue weighted by Gasteiger charge is -1.92. The molecule has 3 heteroatoms. The molecule has 0 aliphatic heterocycles. The predicted molar refractivity (Wildman–Crippen MR) is 58.2 cm³/mol. The van der Waals surface area contributed by atoms with Gasteiger partial charge in [0.1, 0.15) is 0 Å².